The van der Waals surface area contributed by atoms with Crippen molar-refractivity contribution in [2.45, 2.75) is 38.4 Å². The van der Waals surface area contributed by atoms with E-state index >= 15 is 0 Å². The van der Waals surface area contributed by atoms with E-state index in [1.54, 1.807) is 6.92 Å². The first-order valence-electron chi connectivity index (χ1n) is 6.05. The zero-order valence-corrected chi connectivity index (χ0v) is 11.4. The van der Waals surface area contributed by atoms with E-state index in [0.717, 1.165) is 6.54 Å². The van der Waals surface area contributed by atoms with E-state index in [-0.39, 0.29) is 24.0 Å². The van der Waals surface area contributed by atoms with Crippen molar-refractivity contribution in [1.29, 1.82) is 0 Å². The van der Waals surface area contributed by atoms with E-state index in [1.807, 2.05) is 0 Å². The Morgan fingerprint density at radius 1 is 1.53 bits per heavy atom. The summed E-state index contributed by atoms with van der Waals surface area (Å²) >= 11 is 0. The van der Waals surface area contributed by atoms with Gasteiger partial charge in [-0.1, -0.05) is 6.92 Å². The van der Waals surface area contributed by atoms with E-state index in [4.69, 9.17) is 4.74 Å². The van der Waals surface area contributed by atoms with E-state index in [1.165, 1.54) is 6.92 Å². The van der Waals surface area contributed by atoms with Gasteiger partial charge in [0, 0.05) is 18.3 Å². The Morgan fingerprint density at radius 2 is 2.24 bits per heavy atom. The molecule has 0 saturated carbocycles. The summed E-state index contributed by atoms with van der Waals surface area (Å²) in [6, 6.07) is -0.0110. The molecular weight excluding hydrogens is 245 g/mol. The summed E-state index contributed by atoms with van der Waals surface area (Å²) in [6.07, 6.45) is 0.355. The predicted molar refractivity (Wildman–Crippen MR) is 65.7 cm³/mol. The molecule has 0 bridgehead atoms. The summed E-state index contributed by atoms with van der Waals surface area (Å²) in [7, 11) is -3.09. The van der Waals surface area contributed by atoms with Crippen molar-refractivity contribution < 1.29 is 17.5 Å². The highest BCUT2D eigenvalue weighted by atomic mass is 32.2. The highest BCUT2D eigenvalue weighted by Gasteiger charge is 2.30. The van der Waals surface area contributed by atoms with Crippen LogP contribution in [0.15, 0.2) is 0 Å². The summed E-state index contributed by atoms with van der Waals surface area (Å²) in [5.74, 6) is -0.00204. The summed E-state index contributed by atoms with van der Waals surface area (Å²) in [5, 5.41) is 3.17. The number of halogens is 1. The Kier molecular flexibility index (Phi) is 5.34. The summed E-state index contributed by atoms with van der Waals surface area (Å²) in [4.78, 5) is 0. The molecule has 4 nitrogen and oxygen atoms in total. The summed E-state index contributed by atoms with van der Waals surface area (Å²) in [5.41, 5.74) is -1.46. The molecule has 1 aliphatic heterocycles. The van der Waals surface area contributed by atoms with Crippen LogP contribution in [-0.4, -0.2) is 51.4 Å². The third-order valence-electron chi connectivity index (χ3n) is 3.04. The van der Waals surface area contributed by atoms with Crippen molar-refractivity contribution in [3.8, 4) is 0 Å². The van der Waals surface area contributed by atoms with Gasteiger partial charge in [-0.2, -0.15) is 0 Å². The number of hydrogen-bond donors (Lipinski definition) is 1. The molecule has 1 fully saturated rings. The molecule has 0 aromatic carbocycles. The number of rotatable bonds is 6. The van der Waals surface area contributed by atoms with Gasteiger partial charge in [0.25, 0.3) is 0 Å². The van der Waals surface area contributed by atoms with Crippen molar-refractivity contribution >= 4 is 9.84 Å². The summed E-state index contributed by atoms with van der Waals surface area (Å²) in [6.45, 7) is 4.94. The molecule has 17 heavy (non-hydrogen) atoms. The molecule has 0 spiro atoms. The van der Waals surface area contributed by atoms with Gasteiger partial charge in [-0.15, -0.1) is 0 Å². The van der Waals surface area contributed by atoms with Gasteiger partial charge in [0.2, 0.25) is 0 Å². The number of alkyl halides is 1. The number of morpholine rings is 1. The smallest absolute Gasteiger partial charge is 0.150 e. The monoisotopic (exact) mass is 267 g/mol. The predicted octanol–water partition coefficient (Wildman–Crippen LogP) is 0.918. The van der Waals surface area contributed by atoms with E-state index in [9.17, 15) is 12.8 Å². The second kappa shape index (κ2) is 6.11. The second-order valence-electron chi connectivity index (χ2n) is 4.83. The number of sulfone groups is 1. The number of hydrogen-bond acceptors (Lipinski definition) is 4. The Balaban J connectivity index is 2.39. The molecular formula is C11H22FNO3S. The van der Waals surface area contributed by atoms with Crippen LogP contribution in [-0.2, 0) is 14.6 Å². The first-order valence-corrected chi connectivity index (χ1v) is 7.87. The minimum Gasteiger partial charge on any atom is -0.379 e. The highest BCUT2D eigenvalue weighted by Crippen LogP contribution is 2.23. The Morgan fingerprint density at radius 3 is 2.76 bits per heavy atom. The zero-order valence-electron chi connectivity index (χ0n) is 10.5. The average molecular weight is 267 g/mol. The molecule has 1 saturated heterocycles. The topological polar surface area (TPSA) is 55.4 Å². The lowest BCUT2D eigenvalue weighted by Crippen LogP contribution is -2.45. The van der Waals surface area contributed by atoms with Gasteiger partial charge < -0.3 is 10.1 Å². The fraction of sp³-hybridized carbons (Fsp3) is 1.00. The van der Waals surface area contributed by atoms with Gasteiger partial charge in [-0.25, -0.2) is 12.8 Å². The minimum absolute atomic E-state index is 0.0110. The molecule has 0 aromatic rings. The molecule has 1 heterocycles. The minimum atomic E-state index is -3.09. The van der Waals surface area contributed by atoms with Crippen LogP contribution in [0.1, 0.15) is 26.7 Å². The third kappa shape index (κ3) is 5.79. The molecule has 0 aromatic heterocycles. The van der Waals surface area contributed by atoms with Gasteiger partial charge in [0.05, 0.1) is 19.0 Å². The van der Waals surface area contributed by atoms with E-state index in [2.05, 4.69) is 5.32 Å². The zero-order chi connectivity index (χ0) is 12.9. The van der Waals surface area contributed by atoms with Gasteiger partial charge in [-0.05, 0) is 19.8 Å². The first kappa shape index (κ1) is 14.9. The Bertz CT molecular complexity index is 324. The van der Waals surface area contributed by atoms with Crippen LogP contribution in [0.25, 0.3) is 0 Å². The second-order valence-corrected chi connectivity index (χ2v) is 7.30. The van der Waals surface area contributed by atoms with Gasteiger partial charge >= 0.3 is 0 Å². The molecule has 102 valence electrons. The van der Waals surface area contributed by atoms with Crippen LogP contribution >= 0.6 is 0 Å². The maximum absolute atomic E-state index is 14.2. The average Bonchev–Trinajstić information content (AvgIpc) is 2.28. The highest BCUT2D eigenvalue weighted by molar-refractivity contribution is 7.91. The molecule has 0 amide bonds. The lowest BCUT2D eigenvalue weighted by molar-refractivity contribution is 0.0474. The van der Waals surface area contributed by atoms with Crippen LogP contribution in [0.3, 0.4) is 0 Å². The fourth-order valence-corrected chi connectivity index (χ4v) is 2.90. The van der Waals surface area contributed by atoms with Crippen molar-refractivity contribution in [2.75, 3.05) is 31.3 Å². The first-order chi connectivity index (χ1) is 7.85. The third-order valence-corrected chi connectivity index (χ3v) is 4.75. The largest absolute Gasteiger partial charge is 0.379 e. The Labute approximate surface area is 103 Å². The molecule has 1 rings (SSSR count). The van der Waals surface area contributed by atoms with E-state index in [0.29, 0.717) is 19.6 Å². The SMILES string of the molecule is CCS(=O)(=O)CCC(C)(F)CC1COCCN1. The van der Waals surface area contributed by atoms with Crippen molar-refractivity contribution in [3.63, 3.8) is 0 Å². The maximum Gasteiger partial charge on any atom is 0.150 e. The van der Waals surface area contributed by atoms with Crippen molar-refractivity contribution in [3.05, 3.63) is 0 Å². The molecule has 2 atom stereocenters. The fourth-order valence-electron chi connectivity index (χ4n) is 1.88. The quantitative estimate of drug-likeness (QED) is 0.777. The number of nitrogens with one attached hydrogen (secondary N) is 1. The molecule has 0 aliphatic carbocycles. The number of ether oxygens (including phenoxy) is 1. The van der Waals surface area contributed by atoms with Gasteiger partial charge in [0.1, 0.15) is 15.5 Å². The van der Waals surface area contributed by atoms with Crippen LogP contribution < -0.4 is 5.32 Å². The lowest BCUT2D eigenvalue weighted by atomic mass is 9.96. The van der Waals surface area contributed by atoms with Crippen molar-refractivity contribution in [1.82, 2.24) is 5.32 Å². The molecule has 6 heteroatoms. The molecule has 1 N–H and O–H groups in total. The van der Waals surface area contributed by atoms with E-state index < -0.39 is 15.5 Å². The van der Waals surface area contributed by atoms with Crippen LogP contribution in [0.4, 0.5) is 4.39 Å². The molecule has 1 aliphatic rings. The van der Waals surface area contributed by atoms with Gasteiger partial charge in [-0.3, -0.25) is 0 Å². The Hall–Kier alpha value is -0.200. The van der Waals surface area contributed by atoms with Gasteiger partial charge in [0.15, 0.2) is 0 Å². The molecule has 2 unspecified atom stereocenters. The lowest BCUT2D eigenvalue weighted by Gasteiger charge is -2.29. The maximum atomic E-state index is 14.2. The molecule has 0 radical (unpaired) electrons. The van der Waals surface area contributed by atoms with Crippen LogP contribution in [0.5, 0.6) is 0 Å². The van der Waals surface area contributed by atoms with Crippen LogP contribution in [0.2, 0.25) is 0 Å². The standard InChI is InChI=1S/C11H22FNO3S/c1-3-17(14,15)7-4-11(2,12)8-10-9-16-6-5-13-10/h10,13H,3-9H2,1-2H3. The van der Waals surface area contributed by atoms with Crippen molar-refractivity contribution in [2.24, 2.45) is 0 Å². The normalized spacial score (nSPS) is 25.5. The summed E-state index contributed by atoms with van der Waals surface area (Å²) < 4.78 is 42.1. The van der Waals surface area contributed by atoms with Crippen LogP contribution in [0, 0.1) is 0 Å².